The van der Waals surface area contributed by atoms with Crippen LogP contribution in [0.1, 0.15) is 60.9 Å². The van der Waals surface area contributed by atoms with E-state index in [-0.39, 0.29) is 24.1 Å². The number of piperidine rings is 1. The first kappa shape index (κ1) is 21.7. The Morgan fingerprint density at radius 2 is 1.86 bits per heavy atom. The topological polar surface area (TPSA) is 82.2 Å². The lowest BCUT2D eigenvalue weighted by Gasteiger charge is -2.49. The zero-order valence-corrected chi connectivity index (χ0v) is 20.2. The van der Waals surface area contributed by atoms with E-state index >= 15 is 0 Å². The first-order valence-electron chi connectivity index (χ1n) is 13.5. The summed E-state index contributed by atoms with van der Waals surface area (Å²) in [5.41, 5.74) is 2.65. The highest BCUT2D eigenvalue weighted by Crippen LogP contribution is 2.46. The number of anilines is 1. The van der Waals surface area contributed by atoms with Crippen molar-refractivity contribution in [2.24, 2.45) is 17.8 Å². The van der Waals surface area contributed by atoms with Gasteiger partial charge in [0.1, 0.15) is 18.4 Å². The van der Waals surface area contributed by atoms with E-state index < -0.39 is 6.04 Å². The summed E-state index contributed by atoms with van der Waals surface area (Å²) in [7, 11) is 0. The molecule has 35 heavy (non-hydrogen) atoms. The van der Waals surface area contributed by atoms with Gasteiger partial charge in [-0.2, -0.15) is 0 Å². The number of piperazine rings is 1. The fourth-order valence-electron chi connectivity index (χ4n) is 7.73. The zero-order chi connectivity index (χ0) is 23.7. The van der Waals surface area contributed by atoms with Crippen LogP contribution < -0.4 is 15.0 Å². The van der Waals surface area contributed by atoms with Gasteiger partial charge in [-0.05, 0) is 61.1 Å². The SMILES string of the molecule is O=C1CC[C@H](N2Cc3cc4c(cc3C2=O)OC[C@@H]2CN(CC3CC5CCC3CC5)CCN42)C(=O)N1. The minimum Gasteiger partial charge on any atom is -0.489 e. The van der Waals surface area contributed by atoms with Crippen molar-refractivity contribution in [1.29, 1.82) is 0 Å². The standard InChI is InChI=1S/C27H34N4O4/c32-25-6-5-22(26(33)28-25)31-13-19-10-23-24(11-21(19)27(31)34)35-15-20-14-29(7-8-30(20)23)12-18-9-16-1-3-17(18)4-2-16/h10-11,16-18,20,22H,1-9,12-15H2,(H,28,32,33)/t16?,17?,18?,20-,22-/m0/s1. The summed E-state index contributed by atoms with van der Waals surface area (Å²) in [6.07, 6.45) is 7.87. The largest absolute Gasteiger partial charge is 0.489 e. The number of carbonyl (C=O) groups is 3. The minimum atomic E-state index is -0.586. The lowest BCUT2D eigenvalue weighted by atomic mass is 9.64. The molecule has 4 heterocycles. The van der Waals surface area contributed by atoms with Crippen molar-refractivity contribution in [2.45, 2.75) is 63.6 Å². The molecular formula is C27H34N4O4. The molecule has 0 aromatic heterocycles. The van der Waals surface area contributed by atoms with Gasteiger partial charge in [0, 0.05) is 44.7 Å². The third-order valence-electron chi connectivity index (χ3n) is 9.60. The average Bonchev–Trinajstić information content (AvgIpc) is 3.18. The molecule has 2 saturated heterocycles. The van der Waals surface area contributed by atoms with Crippen molar-refractivity contribution in [2.75, 3.05) is 37.7 Å². The van der Waals surface area contributed by atoms with Gasteiger partial charge in [-0.1, -0.05) is 12.8 Å². The molecule has 7 aliphatic rings. The van der Waals surface area contributed by atoms with Gasteiger partial charge in [0.15, 0.2) is 0 Å². The quantitative estimate of drug-likeness (QED) is 0.671. The molecule has 3 aliphatic carbocycles. The number of rotatable bonds is 3. The smallest absolute Gasteiger partial charge is 0.255 e. The van der Waals surface area contributed by atoms with Crippen LogP contribution in [0.25, 0.3) is 0 Å². The molecular weight excluding hydrogens is 444 g/mol. The van der Waals surface area contributed by atoms with Crippen molar-refractivity contribution < 1.29 is 19.1 Å². The number of nitrogens with zero attached hydrogens (tertiary/aromatic N) is 3. The summed E-state index contributed by atoms with van der Waals surface area (Å²) in [5, 5.41) is 2.38. The first-order chi connectivity index (χ1) is 17.0. The van der Waals surface area contributed by atoms with Gasteiger partial charge in [-0.25, -0.2) is 0 Å². The van der Waals surface area contributed by atoms with E-state index in [1.165, 1.54) is 38.6 Å². The van der Waals surface area contributed by atoms with Crippen LogP contribution in [-0.2, 0) is 16.1 Å². The van der Waals surface area contributed by atoms with Crippen LogP contribution in [-0.4, -0.2) is 72.4 Å². The summed E-state index contributed by atoms with van der Waals surface area (Å²) in [4.78, 5) is 43.9. The van der Waals surface area contributed by atoms with E-state index in [0.717, 1.165) is 54.4 Å². The van der Waals surface area contributed by atoms with Crippen molar-refractivity contribution in [1.82, 2.24) is 15.1 Å². The molecule has 3 amide bonds. The number of benzene rings is 1. The predicted octanol–water partition coefficient (Wildman–Crippen LogP) is 2.16. The van der Waals surface area contributed by atoms with Crippen LogP contribution >= 0.6 is 0 Å². The summed E-state index contributed by atoms with van der Waals surface area (Å²) in [6.45, 7) is 5.37. The summed E-state index contributed by atoms with van der Waals surface area (Å²) >= 11 is 0. The maximum Gasteiger partial charge on any atom is 0.255 e. The van der Waals surface area contributed by atoms with Gasteiger partial charge in [-0.15, -0.1) is 0 Å². The van der Waals surface area contributed by atoms with Gasteiger partial charge >= 0.3 is 0 Å². The molecule has 8 heteroatoms. The molecule has 0 spiro atoms. The molecule has 1 aromatic carbocycles. The molecule has 4 aliphatic heterocycles. The third-order valence-corrected chi connectivity index (χ3v) is 9.60. The Labute approximate surface area is 205 Å². The number of imide groups is 1. The maximum absolute atomic E-state index is 13.2. The molecule has 3 atom stereocenters. The van der Waals surface area contributed by atoms with Crippen molar-refractivity contribution in [3.8, 4) is 5.75 Å². The minimum absolute atomic E-state index is 0.144. The molecule has 8 rings (SSSR count). The van der Waals surface area contributed by atoms with E-state index in [1.807, 2.05) is 6.07 Å². The van der Waals surface area contributed by atoms with Gasteiger partial charge in [-0.3, -0.25) is 24.6 Å². The summed E-state index contributed by atoms with van der Waals surface area (Å²) in [5.74, 6) is 2.78. The Morgan fingerprint density at radius 1 is 1.00 bits per heavy atom. The number of fused-ring (bicyclic) bond motifs is 7. The molecule has 3 saturated carbocycles. The van der Waals surface area contributed by atoms with E-state index in [4.69, 9.17) is 4.74 Å². The molecule has 1 aromatic rings. The fourth-order valence-corrected chi connectivity index (χ4v) is 7.73. The third kappa shape index (κ3) is 3.63. The molecule has 186 valence electrons. The van der Waals surface area contributed by atoms with Gasteiger partial charge in [0.2, 0.25) is 11.8 Å². The number of amides is 3. The maximum atomic E-state index is 13.2. The first-order valence-corrected chi connectivity index (χ1v) is 13.5. The second-order valence-electron chi connectivity index (χ2n) is 11.6. The monoisotopic (exact) mass is 478 g/mol. The van der Waals surface area contributed by atoms with Crippen molar-refractivity contribution in [3.05, 3.63) is 23.3 Å². The Balaban J connectivity index is 1.06. The second kappa shape index (κ2) is 8.22. The van der Waals surface area contributed by atoms with Crippen LogP contribution in [0.5, 0.6) is 5.75 Å². The highest BCUT2D eigenvalue weighted by Gasteiger charge is 2.42. The van der Waals surface area contributed by atoms with Gasteiger partial charge in [0.05, 0.1) is 11.7 Å². The lowest BCUT2D eigenvalue weighted by molar-refractivity contribution is -0.136. The highest BCUT2D eigenvalue weighted by atomic mass is 16.5. The van der Waals surface area contributed by atoms with Crippen molar-refractivity contribution in [3.63, 3.8) is 0 Å². The average molecular weight is 479 g/mol. The molecule has 5 fully saturated rings. The van der Waals surface area contributed by atoms with Crippen LogP contribution in [0.3, 0.4) is 0 Å². The number of nitrogens with one attached hydrogen (secondary N) is 1. The number of ether oxygens (including phenoxy) is 1. The lowest BCUT2D eigenvalue weighted by Crippen LogP contribution is -2.58. The van der Waals surface area contributed by atoms with Crippen LogP contribution in [0.15, 0.2) is 12.1 Å². The Kier molecular flexibility index (Phi) is 5.09. The molecule has 0 radical (unpaired) electrons. The Morgan fingerprint density at radius 3 is 2.63 bits per heavy atom. The summed E-state index contributed by atoms with van der Waals surface area (Å²) in [6, 6.07) is 3.73. The van der Waals surface area contributed by atoms with Crippen molar-refractivity contribution >= 4 is 23.4 Å². The Bertz CT molecular complexity index is 1080. The van der Waals surface area contributed by atoms with E-state index in [1.54, 1.807) is 4.90 Å². The number of carbonyl (C=O) groups excluding carboxylic acids is 3. The van der Waals surface area contributed by atoms with Crippen LogP contribution in [0, 0.1) is 17.8 Å². The summed E-state index contributed by atoms with van der Waals surface area (Å²) < 4.78 is 6.21. The number of hydrogen-bond acceptors (Lipinski definition) is 6. The van der Waals surface area contributed by atoms with Gasteiger partial charge in [0.25, 0.3) is 5.91 Å². The van der Waals surface area contributed by atoms with Crippen LogP contribution in [0.4, 0.5) is 5.69 Å². The Hall–Kier alpha value is -2.61. The predicted molar refractivity (Wildman–Crippen MR) is 129 cm³/mol. The molecule has 2 bridgehead atoms. The fraction of sp³-hybridized carbons (Fsp3) is 0.667. The van der Waals surface area contributed by atoms with E-state index in [9.17, 15) is 14.4 Å². The number of hydrogen-bond donors (Lipinski definition) is 1. The second-order valence-corrected chi connectivity index (χ2v) is 11.6. The zero-order valence-electron chi connectivity index (χ0n) is 20.2. The van der Waals surface area contributed by atoms with E-state index in [2.05, 4.69) is 21.2 Å². The normalized spacial score (nSPS) is 34.3. The van der Waals surface area contributed by atoms with Crippen LogP contribution in [0.2, 0.25) is 0 Å². The van der Waals surface area contributed by atoms with Gasteiger partial charge < -0.3 is 14.5 Å². The molecule has 1 N–H and O–H groups in total. The van der Waals surface area contributed by atoms with E-state index in [0.29, 0.717) is 31.2 Å². The highest BCUT2D eigenvalue weighted by molar-refractivity contribution is 6.05. The molecule has 8 nitrogen and oxygen atoms in total. The molecule has 1 unspecified atom stereocenters.